The van der Waals surface area contributed by atoms with Crippen LogP contribution in [0.5, 0.6) is 0 Å². The first-order chi connectivity index (χ1) is 7.75. The van der Waals surface area contributed by atoms with Crippen molar-refractivity contribution in [3.63, 3.8) is 0 Å². The van der Waals surface area contributed by atoms with Crippen LogP contribution in [0.2, 0.25) is 0 Å². The number of hydrogen-bond acceptors (Lipinski definition) is 4. The zero-order valence-electron chi connectivity index (χ0n) is 9.14. The van der Waals surface area contributed by atoms with Crippen LogP contribution in [-0.2, 0) is 6.54 Å². The number of anilines is 2. The topological polar surface area (TPSA) is 63.8 Å². The van der Waals surface area contributed by atoms with E-state index in [9.17, 15) is 0 Å². The van der Waals surface area contributed by atoms with Crippen LogP contribution in [0.3, 0.4) is 0 Å². The number of nitrogen functional groups attached to an aromatic ring is 1. The number of nitrogens with one attached hydrogen (secondary N) is 1. The molecule has 0 saturated carbocycles. The van der Waals surface area contributed by atoms with Crippen molar-refractivity contribution < 1.29 is 0 Å². The van der Waals surface area contributed by atoms with E-state index in [4.69, 9.17) is 5.73 Å². The smallest absolute Gasteiger partial charge is 0.147 e. The number of hydrogen-bond donors (Lipinski definition) is 2. The Bertz CT molecular complexity index is 465. The van der Waals surface area contributed by atoms with Gasteiger partial charge in [-0.15, -0.1) is 0 Å². The first-order valence-corrected chi connectivity index (χ1v) is 5.11. The molecule has 4 heteroatoms. The molecule has 0 aliphatic carbocycles. The fraction of sp³-hybridized carbons (Fsp3) is 0.167. The van der Waals surface area contributed by atoms with Crippen molar-refractivity contribution in [2.75, 3.05) is 11.1 Å². The van der Waals surface area contributed by atoms with E-state index in [0.29, 0.717) is 12.2 Å². The molecule has 0 aliphatic heterocycles. The van der Waals surface area contributed by atoms with E-state index in [-0.39, 0.29) is 0 Å². The first kappa shape index (κ1) is 10.4. The third kappa shape index (κ3) is 2.48. The van der Waals surface area contributed by atoms with Crippen LogP contribution in [0.25, 0.3) is 0 Å². The van der Waals surface area contributed by atoms with Gasteiger partial charge in [0.05, 0.1) is 24.6 Å². The average molecular weight is 214 g/mol. The summed E-state index contributed by atoms with van der Waals surface area (Å²) < 4.78 is 0. The van der Waals surface area contributed by atoms with E-state index in [1.54, 1.807) is 12.4 Å². The zero-order chi connectivity index (χ0) is 11.4. The minimum Gasteiger partial charge on any atom is -0.396 e. The van der Waals surface area contributed by atoms with Gasteiger partial charge in [-0.1, -0.05) is 18.2 Å². The zero-order valence-corrected chi connectivity index (χ0v) is 9.14. The lowest BCUT2D eigenvalue weighted by molar-refractivity contribution is 0.949. The van der Waals surface area contributed by atoms with Crippen LogP contribution in [-0.4, -0.2) is 9.97 Å². The third-order valence-corrected chi connectivity index (χ3v) is 2.31. The van der Waals surface area contributed by atoms with Crippen LogP contribution in [0, 0.1) is 6.92 Å². The summed E-state index contributed by atoms with van der Waals surface area (Å²) >= 11 is 0. The summed E-state index contributed by atoms with van der Waals surface area (Å²) in [6.45, 7) is 2.66. The summed E-state index contributed by atoms with van der Waals surface area (Å²) in [6.07, 6.45) is 3.23. The second kappa shape index (κ2) is 4.61. The van der Waals surface area contributed by atoms with Crippen molar-refractivity contribution in [2.24, 2.45) is 0 Å². The number of benzene rings is 1. The largest absolute Gasteiger partial charge is 0.396 e. The Morgan fingerprint density at radius 2 is 1.88 bits per heavy atom. The highest BCUT2D eigenvalue weighted by Crippen LogP contribution is 2.13. The maximum absolute atomic E-state index is 5.51. The number of rotatable bonds is 3. The highest BCUT2D eigenvalue weighted by Gasteiger charge is 1.98. The lowest BCUT2D eigenvalue weighted by atomic mass is 10.2. The molecule has 1 aromatic carbocycles. The van der Waals surface area contributed by atoms with E-state index in [1.165, 1.54) is 5.56 Å². The third-order valence-electron chi connectivity index (χ3n) is 2.31. The Labute approximate surface area is 94.5 Å². The molecule has 0 saturated heterocycles. The quantitative estimate of drug-likeness (QED) is 0.820. The predicted molar refractivity (Wildman–Crippen MR) is 65.0 cm³/mol. The minimum absolute atomic E-state index is 0.583. The second-order valence-electron chi connectivity index (χ2n) is 3.60. The van der Waals surface area contributed by atoms with Crippen molar-refractivity contribution in [2.45, 2.75) is 13.5 Å². The average Bonchev–Trinajstić information content (AvgIpc) is 2.30. The highest BCUT2D eigenvalue weighted by molar-refractivity contribution is 5.50. The van der Waals surface area contributed by atoms with Gasteiger partial charge in [-0.2, -0.15) is 0 Å². The van der Waals surface area contributed by atoms with Crippen LogP contribution in [0.15, 0.2) is 36.7 Å². The lowest BCUT2D eigenvalue weighted by Gasteiger charge is -2.07. The Morgan fingerprint density at radius 1 is 1.19 bits per heavy atom. The summed E-state index contributed by atoms with van der Waals surface area (Å²) in [7, 11) is 0. The molecule has 0 spiro atoms. The molecule has 4 nitrogen and oxygen atoms in total. The van der Waals surface area contributed by atoms with Gasteiger partial charge in [-0.05, 0) is 18.6 Å². The van der Waals surface area contributed by atoms with E-state index < -0.39 is 0 Å². The van der Waals surface area contributed by atoms with Crippen molar-refractivity contribution in [3.05, 3.63) is 48.0 Å². The molecule has 0 atom stereocenters. The molecule has 1 aromatic heterocycles. The van der Waals surface area contributed by atoms with Crippen molar-refractivity contribution in [3.8, 4) is 0 Å². The molecule has 0 unspecified atom stereocenters. The summed E-state index contributed by atoms with van der Waals surface area (Å²) in [6, 6.07) is 8.11. The van der Waals surface area contributed by atoms with Crippen LogP contribution < -0.4 is 11.1 Å². The van der Waals surface area contributed by atoms with Gasteiger partial charge in [0.2, 0.25) is 0 Å². The molecule has 0 fully saturated rings. The molecule has 2 rings (SSSR count). The van der Waals surface area contributed by atoms with Crippen LogP contribution in [0.1, 0.15) is 11.4 Å². The predicted octanol–water partition coefficient (Wildman–Crippen LogP) is 1.98. The Balaban J connectivity index is 2.02. The summed E-state index contributed by atoms with van der Waals surface area (Å²) in [5.41, 5.74) is 8.40. The van der Waals surface area contributed by atoms with Gasteiger partial charge in [0.1, 0.15) is 5.82 Å². The number of para-hydroxylation sites is 1. The Kier molecular flexibility index (Phi) is 3.00. The maximum Gasteiger partial charge on any atom is 0.147 e. The Hall–Kier alpha value is -2.10. The molecular formula is C12H14N4. The van der Waals surface area contributed by atoms with Crippen molar-refractivity contribution in [1.82, 2.24) is 9.97 Å². The van der Waals surface area contributed by atoms with Crippen molar-refractivity contribution >= 4 is 11.4 Å². The van der Waals surface area contributed by atoms with E-state index in [1.807, 2.05) is 18.2 Å². The van der Waals surface area contributed by atoms with Crippen LogP contribution in [0.4, 0.5) is 11.4 Å². The van der Waals surface area contributed by atoms with E-state index >= 15 is 0 Å². The molecular weight excluding hydrogens is 200 g/mol. The van der Waals surface area contributed by atoms with Gasteiger partial charge in [-0.3, -0.25) is 0 Å². The second-order valence-corrected chi connectivity index (χ2v) is 3.60. The Morgan fingerprint density at radius 3 is 2.56 bits per heavy atom. The van der Waals surface area contributed by atoms with Gasteiger partial charge in [0.25, 0.3) is 0 Å². The maximum atomic E-state index is 5.51. The SMILES string of the molecule is Cc1ccccc1NCc1ncc(N)cn1. The minimum atomic E-state index is 0.583. The molecule has 0 amide bonds. The molecule has 82 valence electrons. The molecule has 0 aliphatic rings. The van der Waals surface area contributed by atoms with Gasteiger partial charge < -0.3 is 11.1 Å². The molecule has 0 radical (unpaired) electrons. The van der Waals surface area contributed by atoms with Gasteiger partial charge in [0.15, 0.2) is 0 Å². The van der Waals surface area contributed by atoms with Gasteiger partial charge in [0, 0.05) is 5.69 Å². The van der Waals surface area contributed by atoms with Crippen molar-refractivity contribution in [1.29, 1.82) is 0 Å². The summed E-state index contributed by atoms with van der Waals surface area (Å²) in [5, 5.41) is 3.28. The first-order valence-electron chi connectivity index (χ1n) is 5.11. The fourth-order valence-electron chi connectivity index (χ4n) is 1.40. The standard InChI is InChI=1S/C12H14N4/c1-9-4-2-3-5-11(9)14-8-12-15-6-10(13)7-16-12/h2-7,14H,8,13H2,1H3. The molecule has 16 heavy (non-hydrogen) atoms. The molecule has 0 bridgehead atoms. The number of nitrogens with two attached hydrogens (primary N) is 1. The van der Waals surface area contributed by atoms with Crippen LogP contribution >= 0.6 is 0 Å². The number of aromatic nitrogens is 2. The number of nitrogens with zero attached hydrogens (tertiary/aromatic N) is 2. The normalized spacial score (nSPS) is 10.1. The monoisotopic (exact) mass is 214 g/mol. The molecule has 3 N–H and O–H groups in total. The number of aryl methyl sites for hydroxylation is 1. The lowest BCUT2D eigenvalue weighted by Crippen LogP contribution is -2.05. The summed E-state index contributed by atoms with van der Waals surface area (Å²) in [4.78, 5) is 8.25. The van der Waals surface area contributed by atoms with Gasteiger partial charge >= 0.3 is 0 Å². The molecule has 1 heterocycles. The van der Waals surface area contributed by atoms with Gasteiger partial charge in [-0.25, -0.2) is 9.97 Å². The van der Waals surface area contributed by atoms with E-state index in [2.05, 4.69) is 28.3 Å². The fourth-order valence-corrected chi connectivity index (χ4v) is 1.40. The summed E-state index contributed by atoms with van der Waals surface area (Å²) in [5.74, 6) is 0.734. The highest BCUT2D eigenvalue weighted by atomic mass is 15.0. The van der Waals surface area contributed by atoms with E-state index in [0.717, 1.165) is 11.5 Å². The molecule has 2 aromatic rings.